The summed E-state index contributed by atoms with van der Waals surface area (Å²) in [5.41, 5.74) is 5.31. The summed E-state index contributed by atoms with van der Waals surface area (Å²) in [5, 5.41) is 0. The van der Waals surface area contributed by atoms with E-state index in [4.69, 9.17) is 10.5 Å². The molecule has 2 N–H and O–H groups in total. The van der Waals surface area contributed by atoms with Gasteiger partial charge in [0.25, 0.3) is 0 Å². The molecule has 14 heavy (non-hydrogen) atoms. The van der Waals surface area contributed by atoms with Crippen molar-refractivity contribution in [1.29, 1.82) is 0 Å². The molecule has 0 aromatic heterocycles. The van der Waals surface area contributed by atoms with Crippen LogP contribution >= 0.6 is 0 Å². The summed E-state index contributed by atoms with van der Waals surface area (Å²) in [6.45, 7) is 5.20. The maximum atomic E-state index is 11.9. The van der Waals surface area contributed by atoms with Crippen molar-refractivity contribution in [2.45, 2.75) is 38.3 Å². The molecule has 0 heterocycles. The third-order valence-electron chi connectivity index (χ3n) is 2.64. The summed E-state index contributed by atoms with van der Waals surface area (Å²) >= 11 is 0. The van der Waals surface area contributed by atoms with Crippen molar-refractivity contribution in [3.05, 3.63) is 0 Å². The fraction of sp³-hybridized carbons (Fsp3) is 0.900. The van der Waals surface area contributed by atoms with Crippen molar-refractivity contribution in [3.8, 4) is 0 Å². The van der Waals surface area contributed by atoms with E-state index in [9.17, 15) is 4.79 Å². The lowest BCUT2D eigenvalue weighted by Gasteiger charge is -2.29. The van der Waals surface area contributed by atoms with Gasteiger partial charge in [-0.25, -0.2) is 0 Å². The van der Waals surface area contributed by atoms with Gasteiger partial charge in [0.15, 0.2) is 0 Å². The van der Waals surface area contributed by atoms with Crippen molar-refractivity contribution in [1.82, 2.24) is 4.90 Å². The molecule has 0 saturated heterocycles. The van der Waals surface area contributed by atoms with E-state index >= 15 is 0 Å². The fourth-order valence-corrected chi connectivity index (χ4v) is 1.42. The molecule has 0 spiro atoms. The Bertz CT molecular complexity index is 212. The molecule has 4 nitrogen and oxygen atoms in total. The van der Waals surface area contributed by atoms with Crippen LogP contribution in [0.2, 0.25) is 0 Å². The van der Waals surface area contributed by atoms with Crippen molar-refractivity contribution in [2.75, 3.05) is 20.3 Å². The first kappa shape index (κ1) is 11.5. The number of hydrogen-bond donors (Lipinski definition) is 1. The van der Waals surface area contributed by atoms with Gasteiger partial charge in [0.05, 0.1) is 12.1 Å². The highest BCUT2D eigenvalue weighted by atomic mass is 16.5. The number of ether oxygens (including phenoxy) is 1. The number of methoxy groups -OCH3 is 1. The predicted molar refractivity (Wildman–Crippen MR) is 54.9 cm³/mol. The highest BCUT2D eigenvalue weighted by Gasteiger charge is 2.48. The average Bonchev–Trinajstić information content (AvgIpc) is 2.85. The minimum absolute atomic E-state index is 0.0737. The molecule has 0 radical (unpaired) electrons. The lowest BCUT2D eigenvalue weighted by Crippen LogP contribution is -2.49. The SMILES string of the molecule is COCCN(C(=O)C1(N)CC1)C(C)C. The highest BCUT2D eigenvalue weighted by molar-refractivity contribution is 5.89. The van der Waals surface area contributed by atoms with Gasteiger partial charge in [-0.05, 0) is 26.7 Å². The van der Waals surface area contributed by atoms with Crippen LogP contribution in [0.4, 0.5) is 0 Å². The van der Waals surface area contributed by atoms with Crippen LogP contribution in [0.3, 0.4) is 0 Å². The van der Waals surface area contributed by atoms with Crippen LogP contribution in [0.15, 0.2) is 0 Å². The molecule has 1 aliphatic carbocycles. The minimum atomic E-state index is -0.558. The van der Waals surface area contributed by atoms with Gasteiger partial charge >= 0.3 is 0 Å². The highest BCUT2D eigenvalue weighted by Crippen LogP contribution is 2.34. The van der Waals surface area contributed by atoms with E-state index in [1.807, 2.05) is 13.8 Å². The zero-order valence-corrected chi connectivity index (χ0v) is 9.25. The standard InChI is InChI=1S/C10H20N2O2/c1-8(2)12(6-7-14-3)9(13)10(11)4-5-10/h8H,4-7,11H2,1-3H3. The van der Waals surface area contributed by atoms with Crippen LogP contribution in [0.1, 0.15) is 26.7 Å². The summed E-state index contributed by atoms with van der Waals surface area (Å²) in [5.74, 6) is 0.0737. The molecule has 0 atom stereocenters. The Kier molecular flexibility index (Phi) is 3.50. The van der Waals surface area contributed by atoms with E-state index < -0.39 is 5.54 Å². The molecule has 0 unspecified atom stereocenters. The largest absolute Gasteiger partial charge is 0.383 e. The second kappa shape index (κ2) is 4.28. The molecule has 0 aromatic carbocycles. The third kappa shape index (κ3) is 2.45. The van der Waals surface area contributed by atoms with Crippen LogP contribution in [0.5, 0.6) is 0 Å². The van der Waals surface area contributed by atoms with Gasteiger partial charge in [0, 0.05) is 19.7 Å². The molecule has 82 valence electrons. The molecule has 0 bridgehead atoms. The second-order valence-corrected chi connectivity index (χ2v) is 4.24. The zero-order valence-electron chi connectivity index (χ0n) is 9.25. The topological polar surface area (TPSA) is 55.6 Å². The molecule has 1 rings (SSSR count). The van der Waals surface area contributed by atoms with E-state index in [-0.39, 0.29) is 11.9 Å². The number of carbonyl (C=O) groups excluding carboxylic acids is 1. The van der Waals surface area contributed by atoms with E-state index in [1.165, 1.54) is 0 Å². The van der Waals surface area contributed by atoms with Gasteiger partial charge in [-0.2, -0.15) is 0 Å². The summed E-state index contributed by atoms with van der Waals surface area (Å²) in [4.78, 5) is 13.7. The van der Waals surface area contributed by atoms with Crippen LogP contribution in [-0.4, -0.2) is 42.6 Å². The molecule has 1 saturated carbocycles. The summed E-state index contributed by atoms with van der Waals surface area (Å²) in [6.07, 6.45) is 1.64. The van der Waals surface area contributed by atoms with Gasteiger partial charge in [0.1, 0.15) is 0 Å². The Morgan fingerprint density at radius 1 is 1.57 bits per heavy atom. The van der Waals surface area contributed by atoms with Crippen molar-refractivity contribution in [3.63, 3.8) is 0 Å². The Balaban J connectivity index is 2.53. The number of amides is 1. The molecular weight excluding hydrogens is 180 g/mol. The Hall–Kier alpha value is -0.610. The zero-order chi connectivity index (χ0) is 10.8. The van der Waals surface area contributed by atoms with E-state index in [1.54, 1.807) is 12.0 Å². The van der Waals surface area contributed by atoms with Gasteiger partial charge < -0.3 is 15.4 Å². The monoisotopic (exact) mass is 200 g/mol. The van der Waals surface area contributed by atoms with Crippen molar-refractivity contribution >= 4 is 5.91 Å². The smallest absolute Gasteiger partial charge is 0.242 e. The summed E-state index contributed by atoms with van der Waals surface area (Å²) in [7, 11) is 1.64. The Labute approximate surface area is 85.4 Å². The van der Waals surface area contributed by atoms with Crippen LogP contribution in [0.25, 0.3) is 0 Å². The molecular formula is C10H20N2O2. The molecule has 4 heteroatoms. The number of rotatable bonds is 5. The van der Waals surface area contributed by atoms with E-state index in [0.717, 1.165) is 12.8 Å². The lowest BCUT2D eigenvalue weighted by atomic mass is 10.2. The van der Waals surface area contributed by atoms with Crippen molar-refractivity contribution < 1.29 is 9.53 Å². The van der Waals surface area contributed by atoms with Crippen LogP contribution in [0, 0.1) is 0 Å². The minimum Gasteiger partial charge on any atom is -0.383 e. The van der Waals surface area contributed by atoms with Gasteiger partial charge in [-0.15, -0.1) is 0 Å². The summed E-state index contributed by atoms with van der Waals surface area (Å²) < 4.78 is 4.97. The number of nitrogens with zero attached hydrogens (tertiary/aromatic N) is 1. The second-order valence-electron chi connectivity index (χ2n) is 4.24. The first-order chi connectivity index (χ1) is 6.51. The fourth-order valence-electron chi connectivity index (χ4n) is 1.42. The van der Waals surface area contributed by atoms with Crippen LogP contribution in [-0.2, 0) is 9.53 Å². The van der Waals surface area contributed by atoms with Crippen LogP contribution < -0.4 is 5.73 Å². The van der Waals surface area contributed by atoms with E-state index in [0.29, 0.717) is 13.2 Å². The lowest BCUT2D eigenvalue weighted by molar-refractivity contribution is -0.136. The first-order valence-electron chi connectivity index (χ1n) is 5.10. The van der Waals surface area contributed by atoms with Gasteiger partial charge in [-0.1, -0.05) is 0 Å². The third-order valence-corrected chi connectivity index (χ3v) is 2.64. The maximum absolute atomic E-state index is 11.9. The average molecular weight is 200 g/mol. The molecule has 0 aromatic rings. The molecule has 1 fully saturated rings. The first-order valence-corrected chi connectivity index (χ1v) is 5.10. The van der Waals surface area contributed by atoms with Gasteiger partial charge in [-0.3, -0.25) is 4.79 Å². The van der Waals surface area contributed by atoms with Crippen molar-refractivity contribution in [2.24, 2.45) is 5.73 Å². The quantitative estimate of drug-likeness (QED) is 0.697. The number of nitrogens with two attached hydrogens (primary N) is 1. The normalized spacial score (nSPS) is 18.4. The summed E-state index contributed by atoms with van der Waals surface area (Å²) in [6, 6.07) is 0.193. The van der Waals surface area contributed by atoms with Gasteiger partial charge in [0.2, 0.25) is 5.91 Å². The maximum Gasteiger partial charge on any atom is 0.242 e. The number of carbonyl (C=O) groups is 1. The predicted octanol–water partition coefficient (Wildman–Crippen LogP) is 0.361. The Morgan fingerprint density at radius 2 is 2.14 bits per heavy atom. The number of hydrogen-bond acceptors (Lipinski definition) is 3. The molecule has 1 aliphatic rings. The Morgan fingerprint density at radius 3 is 2.50 bits per heavy atom. The molecule has 0 aliphatic heterocycles. The van der Waals surface area contributed by atoms with E-state index in [2.05, 4.69) is 0 Å². The molecule has 1 amide bonds.